The fourth-order valence-electron chi connectivity index (χ4n) is 0.662. The van der Waals surface area contributed by atoms with Gasteiger partial charge in [0.2, 0.25) is 0 Å². The summed E-state index contributed by atoms with van der Waals surface area (Å²) in [6.45, 7) is 0. The molecule has 0 fully saturated rings. The van der Waals surface area contributed by atoms with Gasteiger partial charge in [0.15, 0.2) is 6.29 Å². The summed E-state index contributed by atoms with van der Waals surface area (Å²) in [4.78, 5) is 10.3. The van der Waals surface area contributed by atoms with E-state index in [4.69, 9.17) is 34.8 Å². The maximum absolute atomic E-state index is 10.3. The Labute approximate surface area is 78.9 Å². The van der Waals surface area contributed by atoms with E-state index in [1.54, 1.807) is 0 Å². The highest BCUT2D eigenvalue weighted by molar-refractivity contribution is 6.44. The van der Waals surface area contributed by atoms with E-state index < -0.39 is 0 Å². The van der Waals surface area contributed by atoms with Gasteiger partial charge >= 0.3 is 0 Å². The van der Waals surface area contributed by atoms with Crippen molar-refractivity contribution in [1.29, 1.82) is 0 Å². The second-order valence-electron chi connectivity index (χ2n) is 1.91. The van der Waals surface area contributed by atoms with Gasteiger partial charge in [0.1, 0.15) is 0 Å². The van der Waals surface area contributed by atoms with Gasteiger partial charge in [0, 0.05) is 10.6 Å². The lowest BCUT2D eigenvalue weighted by molar-refractivity contribution is 0.112. The molecule has 0 N–H and O–H groups in total. The molecular formula is C7H3Cl3O. The van der Waals surface area contributed by atoms with E-state index in [9.17, 15) is 4.79 Å². The van der Waals surface area contributed by atoms with Crippen LogP contribution in [0.4, 0.5) is 0 Å². The second kappa shape index (κ2) is 3.44. The van der Waals surface area contributed by atoms with E-state index in [0.717, 1.165) is 0 Å². The molecule has 11 heavy (non-hydrogen) atoms. The van der Waals surface area contributed by atoms with Gasteiger partial charge in [-0.1, -0.05) is 34.8 Å². The number of benzene rings is 1. The molecule has 1 rings (SSSR count). The molecule has 0 radical (unpaired) electrons. The molecule has 4 heteroatoms. The summed E-state index contributed by atoms with van der Waals surface area (Å²) in [7, 11) is 0. The van der Waals surface area contributed by atoms with Crippen LogP contribution in [0, 0.1) is 0 Å². The van der Waals surface area contributed by atoms with E-state index in [0.29, 0.717) is 21.9 Å². The van der Waals surface area contributed by atoms with Crippen LogP contribution >= 0.6 is 34.8 Å². The van der Waals surface area contributed by atoms with Crippen molar-refractivity contribution in [3.05, 3.63) is 32.8 Å². The van der Waals surface area contributed by atoms with Gasteiger partial charge in [0.25, 0.3) is 0 Å². The number of halogens is 3. The standard InChI is InChI=1S/C7H3Cl3O/c8-5-1-4(3-11)7(10)6(9)2-5/h1-3H. The first-order valence-electron chi connectivity index (χ1n) is 2.75. The molecule has 0 amide bonds. The monoisotopic (exact) mass is 208 g/mol. The second-order valence-corrected chi connectivity index (χ2v) is 3.13. The number of hydrogen-bond acceptors (Lipinski definition) is 1. The first-order chi connectivity index (χ1) is 5.15. The van der Waals surface area contributed by atoms with Crippen molar-refractivity contribution in [3.8, 4) is 0 Å². The maximum atomic E-state index is 10.3. The normalized spacial score (nSPS) is 9.73. The van der Waals surface area contributed by atoms with E-state index in [1.165, 1.54) is 12.1 Å². The first-order valence-corrected chi connectivity index (χ1v) is 3.88. The van der Waals surface area contributed by atoms with Crippen LogP contribution in [0.15, 0.2) is 12.1 Å². The predicted molar refractivity (Wildman–Crippen MR) is 46.9 cm³/mol. The molecule has 0 saturated heterocycles. The Morgan fingerprint density at radius 3 is 2.36 bits per heavy atom. The van der Waals surface area contributed by atoms with Crippen molar-refractivity contribution < 1.29 is 4.79 Å². The van der Waals surface area contributed by atoms with Gasteiger partial charge in [0.05, 0.1) is 10.0 Å². The molecule has 0 bridgehead atoms. The van der Waals surface area contributed by atoms with Crippen molar-refractivity contribution in [2.75, 3.05) is 0 Å². The van der Waals surface area contributed by atoms with Crippen LogP contribution in [0.25, 0.3) is 0 Å². The van der Waals surface area contributed by atoms with E-state index >= 15 is 0 Å². The molecule has 0 atom stereocenters. The average Bonchev–Trinajstić information content (AvgIpc) is 1.96. The quantitative estimate of drug-likeness (QED) is 0.511. The first kappa shape index (κ1) is 8.85. The van der Waals surface area contributed by atoms with Crippen LogP contribution in [0.1, 0.15) is 10.4 Å². The Kier molecular flexibility index (Phi) is 2.77. The summed E-state index contributed by atoms with van der Waals surface area (Å²) in [5, 5.41) is 0.939. The van der Waals surface area contributed by atoms with Crippen LogP contribution in [0.5, 0.6) is 0 Å². The summed E-state index contributed by atoms with van der Waals surface area (Å²) in [5.74, 6) is 0. The summed E-state index contributed by atoms with van der Waals surface area (Å²) >= 11 is 16.9. The molecule has 0 saturated carbocycles. The van der Waals surface area contributed by atoms with Crippen LogP contribution in [0.2, 0.25) is 15.1 Å². The van der Waals surface area contributed by atoms with Gasteiger partial charge < -0.3 is 0 Å². The van der Waals surface area contributed by atoms with Crippen molar-refractivity contribution in [2.24, 2.45) is 0 Å². The molecule has 0 unspecified atom stereocenters. The largest absolute Gasteiger partial charge is 0.298 e. The van der Waals surface area contributed by atoms with Gasteiger partial charge in [-0.25, -0.2) is 0 Å². The highest BCUT2D eigenvalue weighted by atomic mass is 35.5. The van der Waals surface area contributed by atoms with Crippen molar-refractivity contribution in [2.45, 2.75) is 0 Å². The third kappa shape index (κ3) is 1.86. The highest BCUT2D eigenvalue weighted by Gasteiger charge is 2.04. The highest BCUT2D eigenvalue weighted by Crippen LogP contribution is 2.28. The number of carbonyl (C=O) groups is 1. The molecule has 0 aliphatic rings. The lowest BCUT2D eigenvalue weighted by Gasteiger charge is -1.98. The number of hydrogen-bond donors (Lipinski definition) is 0. The van der Waals surface area contributed by atoms with Gasteiger partial charge in [-0.05, 0) is 12.1 Å². The zero-order valence-corrected chi connectivity index (χ0v) is 7.54. The Hall–Kier alpha value is -0.240. The fourth-order valence-corrected chi connectivity index (χ4v) is 1.32. The smallest absolute Gasteiger partial charge is 0.151 e. The zero-order chi connectivity index (χ0) is 8.43. The molecule has 1 nitrogen and oxygen atoms in total. The zero-order valence-electron chi connectivity index (χ0n) is 5.27. The minimum atomic E-state index is 0.242. The van der Waals surface area contributed by atoms with Crippen LogP contribution < -0.4 is 0 Å². The maximum Gasteiger partial charge on any atom is 0.151 e. The lowest BCUT2D eigenvalue weighted by Crippen LogP contribution is -1.82. The molecule has 1 aromatic rings. The van der Waals surface area contributed by atoms with Crippen molar-refractivity contribution in [1.82, 2.24) is 0 Å². The Morgan fingerprint density at radius 1 is 1.18 bits per heavy atom. The average molecular weight is 209 g/mol. The number of aldehydes is 1. The van der Waals surface area contributed by atoms with Crippen LogP contribution in [-0.2, 0) is 0 Å². The number of rotatable bonds is 1. The molecule has 0 aromatic heterocycles. The fraction of sp³-hybridized carbons (Fsp3) is 0. The Balaban J connectivity index is 3.35. The summed E-state index contributed by atoms with van der Waals surface area (Å²) in [6.07, 6.45) is 0.611. The van der Waals surface area contributed by atoms with E-state index in [1.807, 2.05) is 0 Å². The molecule has 0 aliphatic heterocycles. The van der Waals surface area contributed by atoms with Crippen LogP contribution in [-0.4, -0.2) is 6.29 Å². The van der Waals surface area contributed by atoms with Gasteiger partial charge in [-0.2, -0.15) is 0 Å². The van der Waals surface area contributed by atoms with E-state index in [2.05, 4.69) is 0 Å². The molecule has 0 aliphatic carbocycles. The summed E-state index contributed by atoms with van der Waals surface area (Å²) < 4.78 is 0. The SMILES string of the molecule is O=Cc1cc(Cl)cc(Cl)c1Cl. The van der Waals surface area contributed by atoms with E-state index in [-0.39, 0.29) is 5.02 Å². The van der Waals surface area contributed by atoms with Crippen molar-refractivity contribution >= 4 is 41.1 Å². The van der Waals surface area contributed by atoms with Gasteiger partial charge in [-0.15, -0.1) is 0 Å². The van der Waals surface area contributed by atoms with Crippen molar-refractivity contribution in [3.63, 3.8) is 0 Å². The molecular weight excluding hydrogens is 206 g/mol. The minimum Gasteiger partial charge on any atom is -0.298 e. The van der Waals surface area contributed by atoms with Gasteiger partial charge in [-0.3, -0.25) is 4.79 Å². The minimum absolute atomic E-state index is 0.242. The summed E-state index contributed by atoms with van der Waals surface area (Å²) in [6, 6.07) is 2.95. The summed E-state index contributed by atoms with van der Waals surface area (Å²) in [5.41, 5.74) is 0.309. The molecule has 1 aromatic carbocycles. The number of carbonyl (C=O) groups excluding carboxylic acids is 1. The Bertz CT molecular complexity index is 296. The Morgan fingerprint density at radius 2 is 1.82 bits per heavy atom. The van der Waals surface area contributed by atoms with Crippen LogP contribution in [0.3, 0.4) is 0 Å². The predicted octanol–water partition coefficient (Wildman–Crippen LogP) is 3.46. The topological polar surface area (TPSA) is 17.1 Å². The molecule has 0 heterocycles. The third-order valence-electron chi connectivity index (χ3n) is 1.15. The third-order valence-corrected chi connectivity index (χ3v) is 2.18. The molecule has 0 spiro atoms. The lowest BCUT2D eigenvalue weighted by atomic mass is 10.2. The molecule has 58 valence electrons.